The van der Waals surface area contributed by atoms with Gasteiger partial charge in [0.15, 0.2) is 5.65 Å². The summed E-state index contributed by atoms with van der Waals surface area (Å²) in [4.78, 5) is 31.8. The van der Waals surface area contributed by atoms with Crippen molar-refractivity contribution in [3.8, 4) is 0 Å². The lowest BCUT2D eigenvalue weighted by Gasteiger charge is -2.23. The summed E-state index contributed by atoms with van der Waals surface area (Å²) in [5.74, 6) is -0.192. The Morgan fingerprint density at radius 3 is 2.43 bits per heavy atom. The normalized spacial score (nSPS) is 10.9. The fourth-order valence-corrected chi connectivity index (χ4v) is 3.11. The van der Waals surface area contributed by atoms with Crippen LogP contribution in [0, 0.1) is 0 Å². The summed E-state index contributed by atoms with van der Waals surface area (Å²) >= 11 is 0. The van der Waals surface area contributed by atoms with E-state index in [1.165, 1.54) is 21.8 Å². The number of nitrogens with zero attached hydrogens (tertiary/aromatic N) is 5. The molecule has 0 aliphatic rings. The van der Waals surface area contributed by atoms with E-state index < -0.39 is 0 Å². The molecule has 0 aliphatic heterocycles. The second-order valence-electron chi connectivity index (χ2n) is 6.48. The predicted molar refractivity (Wildman–Crippen MR) is 107 cm³/mol. The Bertz CT molecular complexity index is 1170. The van der Waals surface area contributed by atoms with Crippen molar-refractivity contribution >= 4 is 22.6 Å². The quantitative estimate of drug-likeness (QED) is 0.538. The highest BCUT2D eigenvalue weighted by atomic mass is 16.2. The van der Waals surface area contributed by atoms with Crippen molar-refractivity contribution in [1.29, 1.82) is 0 Å². The molecule has 4 rings (SSSR count). The van der Waals surface area contributed by atoms with Gasteiger partial charge in [0.25, 0.3) is 5.56 Å². The summed E-state index contributed by atoms with van der Waals surface area (Å²) in [6, 6.07) is 19.2. The van der Waals surface area contributed by atoms with Crippen LogP contribution in [0.2, 0.25) is 0 Å². The summed E-state index contributed by atoms with van der Waals surface area (Å²) in [5.41, 5.74) is 2.00. The third-order valence-electron chi connectivity index (χ3n) is 4.58. The minimum atomic E-state index is -0.279. The van der Waals surface area contributed by atoms with Gasteiger partial charge < -0.3 is 4.90 Å². The average molecular weight is 373 g/mol. The number of hydrogen-bond donors (Lipinski definition) is 0. The van der Waals surface area contributed by atoms with Gasteiger partial charge in [-0.1, -0.05) is 48.5 Å². The molecule has 7 heteroatoms. The number of para-hydroxylation sites is 1. The second-order valence-corrected chi connectivity index (χ2v) is 6.48. The van der Waals surface area contributed by atoms with Gasteiger partial charge in [0, 0.05) is 12.7 Å². The third kappa shape index (κ3) is 3.42. The zero-order valence-electron chi connectivity index (χ0n) is 15.4. The highest BCUT2D eigenvalue weighted by molar-refractivity contribution is 5.93. The molecule has 28 heavy (non-hydrogen) atoms. The fourth-order valence-electron chi connectivity index (χ4n) is 3.11. The third-order valence-corrected chi connectivity index (χ3v) is 4.58. The Kier molecular flexibility index (Phi) is 4.72. The zero-order chi connectivity index (χ0) is 19.5. The number of anilines is 1. The van der Waals surface area contributed by atoms with Crippen LogP contribution in [0.4, 0.5) is 5.69 Å². The van der Waals surface area contributed by atoms with Gasteiger partial charge in [-0.05, 0) is 17.7 Å². The Morgan fingerprint density at radius 2 is 1.71 bits per heavy atom. The van der Waals surface area contributed by atoms with Crippen LogP contribution in [0.25, 0.3) is 11.0 Å². The van der Waals surface area contributed by atoms with Crippen LogP contribution in [0.3, 0.4) is 0 Å². The van der Waals surface area contributed by atoms with Gasteiger partial charge in [-0.25, -0.2) is 4.98 Å². The van der Waals surface area contributed by atoms with E-state index in [-0.39, 0.29) is 18.0 Å². The predicted octanol–water partition coefficient (Wildman–Crippen LogP) is 2.36. The molecule has 7 nitrogen and oxygen atoms in total. The minimum absolute atomic E-state index is 0.0988. The first-order valence-electron chi connectivity index (χ1n) is 8.90. The number of hydrogen-bond acceptors (Lipinski definition) is 4. The van der Waals surface area contributed by atoms with E-state index in [2.05, 4.69) is 10.1 Å². The van der Waals surface area contributed by atoms with Crippen LogP contribution in [-0.4, -0.2) is 25.2 Å². The van der Waals surface area contributed by atoms with Crippen LogP contribution < -0.4 is 10.5 Å². The number of carbonyl (C=O) groups excluding carboxylic acids is 1. The zero-order valence-corrected chi connectivity index (χ0v) is 15.4. The summed E-state index contributed by atoms with van der Waals surface area (Å²) in [7, 11) is 1.72. The number of amides is 1. The summed E-state index contributed by atoms with van der Waals surface area (Å²) in [5, 5.41) is 4.46. The van der Waals surface area contributed by atoms with Gasteiger partial charge in [-0.15, -0.1) is 0 Å². The molecule has 2 heterocycles. The maximum absolute atomic E-state index is 13.1. The molecule has 0 fully saturated rings. The standard InChI is InChI=1S/C21H19N5O2/c1-24-20-18(12-23-24)21(28)25(15-22-20)14-19(27)26(17-10-6-3-7-11-17)13-16-8-4-2-5-9-16/h2-12,15H,13-14H2,1H3. The van der Waals surface area contributed by atoms with Crippen molar-refractivity contribution in [2.75, 3.05) is 4.90 Å². The van der Waals surface area contributed by atoms with E-state index in [9.17, 15) is 9.59 Å². The molecule has 0 bridgehead atoms. The number of fused-ring (bicyclic) bond motifs is 1. The summed E-state index contributed by atoms with van der Waals surface area (Å²) < 4.78 is 2.86. The van der Waals surface area contributed by atoms with Crippen LogP contribution >= 0.6 is 0 Å². The van der Waals surface area contributed by atoms with Gasteiger partial charge >= 0.3 is 0 Å². The second kappa shape index (κ2) is 7.48. The first-order valence-corrected chi connectivity index (χ1v) is 8.90. The fraction of sp³-hybridized carbons (Fsp3) is 0.143. The van der Waals surface area contributed by atoms with Crippen molar-refractivity contribution in [3.63, 3.8) is 0 Å². The van der Waals surface area contributed by atoms with Gasteiger partial charge in [-0.2, -0.15) is 5.10 Å². The molecule has 140 valence electrons. The SMILES string of the molecule is Cn1ncc2c(=O)n(CC(=O)N(Cc3ccccc3)c3ccccc3)cnc21. The van der Waals surface area contributed by atoms with Gasteiger partial charge in [0.2, 0.25) is 5.91 Å². The molecule has 1 amide bonds. The highest BCUT2D eigenvalue weighted by Crippen LogP contribution is 2.17. The molecule has 0 aliphatic carbocycles. The maximum Gasteiger partial charge on any atom is 0.264 e. The van der Waals surface area contributed by atoms with E-state index in [0.717, 1.165) is 11.3 Å². The number of carbonyl (C=O) groups is 1. The Labute approximate surface area is 161 Å². The Balaban J connectivity index is 1.66. The van der Waals surface area contributed by atoms with Crippen LogP contribution in [0.5, 0.6) is 0 Å². The lowest BCUT2D eigenvalue weighted by atomic mass is 10.2. The molecule has 0 unspecified atom stereocenters. The van der Waals surface area contributed by atoms with E-state index in [1.807, 2.05) is 60.7 Å². The monoisotopic (exact) mass is 373 g/mol. The van der Waals surface area contributed by atoms with Gasteiger partial charge in [0.1, 0.15) is 18.3 Å². The average Bonchev–Trinajstić information content (AvgIpc) is 3.11. The molecule has 0 atom stereocenters. The van der Waals surface area contributed by atoms with Crippen molar-refractivity contribution in [2.24, 2.45) is 7.05 Å². The van der Waals surface area contributed by atoms with Crippen molar-refractivity contribution in [1.82, 2.24) is 19.3 Å². The molecular weight excluding hydrogens is 354 g/mol. The molecule has 0 saturated carbocycles. The minimum Gasteiger partial charge on any atom is -0.306 e. The van der Waals surface area contributed by atoms with Crippen molar-refractivity contribution in [3.05, 3.63) is 89.1 Å². The van der Waals surface area contributed by atoms with Crippen LogP contribution in [0.15, 0.2) is 78.0 Å². The van der Waals surface area contributed by atoms with Gasteiger partial charge in [0.05, 0.1) is 12.7 Å². The Hall–Kier alpha value is -3.74. The van der Waals surface area contributed by atoms with Crippen molar-refractivity contribution < 1.29 is 4.79 Å². The van der Waals surface area contributed by atoms with Crippen LogP contribution in [0.1, 0.15) is 5.56 Å². The van der Waals surface area contributed by atoms with E-state index >= 15 is 0 Å². The number of benzene rings is 2. The van der Waals surface area contributed by atoms with E-state index in [1.54, 1.807) is 11.9 Å². The lowest BCUT2D eigenvalue weighted by molar-refractivity contribution is -0.119. The van der Waals surface area contributed by atoms with E-state index in [4.69, 9.17) is 0 Å². The molecule has 4 aromatic rings. The van der Waals surface area contributed by atoms with Gasteiger partial charge in [-0.3, -0.25) is 18.8 Å². The molecular formula is C21H19N5O2. The number of rotatable bonds is 5. The largest absolute Gasteiger partial charge is 0.306 e. The Morgan fingerprint density at radius 1 is 1.04 bits per heavy atom. The topological polar surface area (TPSA) is 73.0 Å². The molecule has 0 spiro atoms. The van der Waals surface area contributed by atoms with Crippen molar-refractivity contribution in [2.45, 2.75) is 13.1 Å². The molecule has 2 aromatic carbocycles. The van der Waals surface area contributed by atoms with E-state index in [0.29, 0.717) is 17.6 Å². The molecule has 0 saturated heterocycles. The van der Waals surface area contributed by atoms with Crippen LogP contribution in [-0.2, 0) is 24.9 Å². The smallest absolute Gasteiger partial charge is 0.264 e. The first-order chi connectivity index (χ1) is 13.6. The molecule has 0 N–H and O–H groups in total. The number of aryl methyl sites for hydroxylation is 1. The maximum atomic E-state index is 13.1. The number of aromatic nitrogens is 4. The summed E-state index contributed by atoms with van der Waals surface area (Å²) in [6.45, 7) is 0.319. The molecule has 0 radical (unpaired) electrons. The lowest BCUT2D eigenvalue weighted by Crippen LogP contribution is -2.36. The highest BCUT2D eigenvalue weighted by Gasteiger charge is 2.18. The molecule has 2 aromatic heterocycles. The first kappa shape index (κ1) is 17.7. The summed E-state index contributed by atoms with van der Waals surface area (Å²) in [6.07, 6.45) is 2.88.